The van der Waals surface area contributed by atoms with E-state index in [1.54, 1.807) is 13.4 Å². The average Bonchev–Trinajstić information content (AvgIpc) is 3.07. The predicted molar refractivity (Wildman–Crippen MR) is 84.3 cm³/mol. The molecule has 1 aromatic carbocycles. The van der Waals surface area contributed by atoms with Gasteiger partial charge in [-0.15, -0.1) is 0 Å². The summed E-state index contributed by atoms with van der Waals surface area (Å²) in [6, 6.07) is 13.3. The van der Waals surface area contributed by atoms with Gasteiger partial charge in [0.05, 0.1) is 25.6 Å². The standard InChI is InChI=1S/C16H16N4O2/c1-21-14-7-3-2-6-13(14)20-16-9-15(18-11-19-16)17-10-12-5-4-8-22-12/h2-9,11H,10H2,1H3,(H2,17,18,19,20). The zero-order valence-corrected chi connectivity index (χ0v) is 12.1. The lowest BCUT2D eigenvalue weighted by Gasteiger charge is -2.11. The van der Waals surface area contributed by atoms with Crippen LogP contribution in [0.3, 0.4) is 0 Å². The van der Waals surface area contributed by atoms with Crippen LogP contribution in [0.1, 0.15) is 5.76 Å². The van der Waals surface area contributed by atoms with Gasteiger partial charge >= 0.3 is 0 Å². The zero-order valence-electron chi connectivity index (χ0n) is 12.1. The Labute approximate surface area is 128 Å². The molecule has 0 radical (unpaired) electrons. The summed E-state index contributed by atoms with van der Waals surface area (Å²) in [7, 11) is 1.64. The van der Waals surface area contributed by atoms with Crippen molar-refractivity contribution in [1.82, 2.24) is 9.97 Å². The third kappa shape index (κ3) is 3.35. The highest BCUT2D eigenvalue weighted by molar-refractivity contribution is 5.65. The van der Waals surface area contributed by atoms with Gasteiger partial charge in [0, 0.05) is 6.07 Å². The van der Waals surface area contributed by atoms with Crippen molar-refractivity contribution in [3.8, 4) is 5.75 Å². The van der Waals surface area contributed by atoms with E-state index in [4.69, 9.17) is 9.15 Å². The number of anilines is 3. The molecule has 2 heterocycles. The van der Waals surface area contributed by atoms with Gasteiger partial charge in [-0.2, -0.15) is 0 Å². The lowest BCUT2D eigenvalue weighted by atomic mass is 10.3. The van der Waals surface area contributed by atoms with Gasteiger partial charge in [0.25, 0.3) is 0 Å². The van der Waals surface area contributed by atoms with Crippen molar-refractivity contribution < 1.29 is 9.15 Å². The number of ether oxygens (including phenoxy) is 1. The molecule has 0 bridgehead atoms. The number of methoxy groups -OCH3 is 1. The summed E-state index contributed by atoms with van der Waals surface area (Å²) in [6.45, 7) is 0.568. The molecule has 3 rings (SSSR count). The third-order valence-corrected chi connectivity index (χ3v) is 3.06. The molecule has 0 saturated carbocycles. The molecule has 0 atom stereocenters. The summed E-state index contributed by atoms with van der Waals surface area (Å²) in [5.41, 5.74) is 0.848. The van der Waals surface area contributed by atoms with Crippen molar-refractivity contribution in [1.29, 1.82) is 0 Å². The molecule has 3 aromatic rings. The second-order valence-corrected chi connectivity index (χ2v) is 4.55. The second-order valence-electron chi connectivity index (χ2n) is 4.55. The number of para-hydroxylation sites is 2. The molecule has 112 valence electrons. The average molecular weight is 296 g/mol. The van der Waals surface area contributed by atoms with E-state index in [9.17, 15) is 0 Å². The first-order valence-corrected chi connectivity index (χ1v) is 6.83. The summed E-state index contributed by atoms with van der Waals surface area (Å²) in [5, 5.41) is 6.40. The fourth-order valence-electron chi connectivity index (χ4n) is 2.00. The number of rotatable bonds is 6. The van der Waals surface area contributed by atoms with Crippen LogP contribution in [0, 0.1) is 0 Å². The monoisotopic (exact) mass is 296 g/mol. The van der Waals surface area contributed by atoms with Crippen molar-refractivity contribution in [2.24, 2.45) is 0 Å². The Bertz CT molecular complexity index is 729. The number of nitrogens with one attached hydrogen (secondary N) is 2. The minimum atomic E-state index is 0.568. The van der Waals surface area contributed by atoms with Crippen molar-refractivity contribution in [3.63, 3.8) is 0 Å². The largest absolute Gasteiger partial charge is 0.495 e. The van der Waals surface area contributed by atoms with Gasteiger partial charge in [-0.3, -0.25) is 0 Å². The van der Waals surface area contributed by atoms with E-state index >= 15 is 0 Å². The van der Waals surface area contributed by atoms with Crippen LogP contribution < -0.4 is 15.4 Å². The van der Waals surface area contributed by atoms with Gasteiger partial charge in [0.2, 0.25) is 0 Å². The van der Waals surface area contributed by atoms with Gasteiger partial charge in [-0.25, -0.2) is 9.97 Å². The van der Waals surface area contributed by atoms with Crippen LogP contribution in [-0.2, 0) is 6.54 Å². The van der Waals surface area contributed by atoms with Crippen molar-refractivity contribution in [2.45, 2.75) is 6.54 Å². The Hall–Kier alpha value is -3.02. The smallest absolute Gasteiger partial charge is 0.142 e. The highest BCUT2D eigenvalue weighted by atomic mass is 16.5. The first-order chi connectivity index (χ1) is 10.8. The van der Waals surface area contributed by atoms with E-state index in [1.165, 1.54) is 6.33 Å². The number of furan rings is 1. The maximum absolute atomic E-state index is 5.31. The van der Waals surface area contributed by atoms with Crippen molar-refractivity contribution in [2.75, 3.05) is 17.7 Å². The van der Waals surface area contributed by atoms with Crippen LogP contribution in [0.4, 0.5) is 17.3 Å². The van der Waals surface area contributed by atoms with E-state index < -0.39 is 0 Å². The van der Waals surface area contributed by atoms with Crippen molar-refractivity contribution >= 4 is 17.3 Å². The third-order valence-electron chi connectivity index (χ3n) is 3.06. The molecule has 2 N–H and O–H groups in total. The zero-order chi connectivity index (χ0) is 15.2. The molecule has 0 aliphatic carbocycles. The lowest BCUT2D eigenvalue weighted by molar-refractivity contribution is 0.417. The van der Waals surface area contributed by atoms with Crippen LogP contribution in [0.15, 0.2) is 59.5 Å². The molecule has 22 heavy (non-hydrogen) atoms. The molecule has 0 spiro atoms. The van der Waals surface area contributed by atoms with Gasteiger partial charge in [-0.05, 0) is 24.3 Å². The molecule has 0 saturated heterocycles. The Kier molecular flexibility index (Phi) is 4.20. The van der Waals surface area contributed by atoms with Crippen molar-refractivity contribution in [3.05, 3.63) is 60.8 Å². The number of hydrogen-bond acceptors (Lipinski definition) is 6. The normalized spacial score (nSPS) is 10.2. The Morgan fingerprint density at radius 1 is 1.09 bits per heavy atom. The van der Waals surface area contributed by atoms with Gasteiger partial charge in [0.15, 0.2) is 0 Å². The lowest BCUT2D eigenvalue weighted by Crippen LogP contribution is -2.02. The summed E-state index contributed by atoms with van der Waals surface area (Å²) in [6.07, 6.45) is 3.15. The molecular formula is C16H16N4O2. The summed E-state index contributed by atoms with van der Waals surface area (Å²) >= 11 is 0. The van der Waals surface area contributed by atoms with E-state index in [-0.39, 0.29) is 0 Å². The first kappa shape index (κ1) is 13.9. The van der Waals surface area contributed by atoms with E-state index in [2.05, 4.69) is 20.6 Å². The first-order valence-electron chi connectivity index (χ1n) is 6.83. The van der Waals surface area contributed by atoms with E-state index in [0.717, 1.165) is 17.2 Å². The van der Waals surface area contributed by atoms with Crippen LogP contribution in [0.2, 0.25) is 0 Å². The molecule has 0 amide bonds. The van der Waals surface area contributed by atoms with Gasteiger partial charge < -0.3 is 19.8 Å². The molecule has 6 heteroatoms. The number of aromatic nitrogens is 2. The maximum atomic E-state index is 5.31. The van der Waals surface area contributed by atoms with E-state index in [0.29, 0.717) is 18.2 Å². The second kappa shape index (κ2) is 6.62. The van der Waals surface area contributed by atoms with Crippen LogP contribution in [0.25, 0.3) is 0 Å². The van der Waals surface area contributed by atoms with Gasteiger partial charge in [-0.1, -0.05) is 12.1 Å². The Morgan fingerprint density at radius 2 is 1.95 bits per heavy atom. The molecule has 0 aliphatic heterocycles. The highest BCUT2D eigenvalue weighted by Crippen LogP contribution is 2.26. The topological polar surface area (TPSA) is 72.2 Å². The van der Waals surface area contributed by atoms with E-state index in [1.807, 2.05) is 42.5 Å². The highest BCUT2D eigenvalue weighted by Gasteiger charge is 2.04. The minimum Gasteiger partial charge on any atom is -0.495 e. The predicted octanol–water partition coefficient (Wildman–Crippen LogP) is 3.43. The molecule has 0 unspecified atom stereocenters. The summed E-state index contributed by atoms with van der Waals surface area (Å²) in [4.78, 5) is 8.40. The number of benzene rings is 1. The maximum Gasteiger partial charge on any atom is 0.142 e. The molecule has 0 aliphatic rings. The SMILES string of the molecule is COc1ccccc1Nc1cc(NCc2ccco2)ncn1. The van der Waals surface area contributed by atoms with Crippen LogP contribution in [0.5, 0.6) is 5.75 Å². The Morgan fingerprint density at radius 3 is 2.77 bits per heavy atom. The quantitative estimate of drug-likeness (QED) is 0.726. The van der Waals surface area contributed by atoms with Crippen LogP contribution in [-0.4, -0.2) is 17.1 Å². The summed E-state index contributed by atoms with van der Waals surface area (Å²) < 4.78 is 10.6. The molecule has 6 nitrogen and oxygen atoms in total. The minimum absolute atomic E-state index is 0.568. The van der Waals surface area contributed by atoms with Gasteiger partial charge in [0.1, 0.15) is 29.5 Å². The molecular weight excluding hydrogens is 280 g/mol. The number of nitrogens with zero attached hydrogens (tertiary/aromatic N) is 2. The molecule has 2 aromatic heterocycles. The fourth-order valence-corrected chi connectivity index (χ4v) is 2.00. The Balaban J connectivity index is 1.70. The summed E-state index contributed by atoms with van der Waals surface area (Å²) in [5.74, 6) is 2.99. The fraction of sp³-hybridized carbons (Fsp3) is 0.125. The molecule has 0 fully saturated rings. The van der Waals surface area contributed by atoms with Crippen LogP contribution >= 0.6 is 0 Å². The number of hydrogen-bond donors (Lipinski definition) is 2.